The highest BCUT2D eigenvalue weighted by Gasteiger charge is 2.29. The molecule has 4 aromatic rings. The predicted molar refractivity (Wildman–Crippen MR) is 125 cm³/mol. The molecule has 162 valence electrons. The Bertz CT molecular complexity index is 1330. The summed E-state index contributed by atoms with van der Waals surface area (Å²) in [4.78, 5) is 23.1. The number of anilines is 2. The molecule has 1 aromatic heterocycles. The van der Waals surface area contributed by atoms with E-state index >= 15 is 0 Å². The van der Waals surface area contributed by atoms with Gasteiger partial charge in [0.15, 0.2) is 0 Å². The van der Waals surface area contributed by atoms with E-state index < -0.39 is 16.4 Å². The molecule has 0 aliphatic heterocycles. The Labute approximate surface area is 184 Å². The molecule has 0 fully saturated rings. The van der Waals surface area contributed by atoms with Crippen molar-refractivity contribution in [1.82, 2.24) is 9.78 Å². The van der Waals surface area contributed by atoms with Crippen LogP contribution >= 0.6 is 0 Å². The third-order valence-electron chi connectivity index (χ3n) is 5.13. The quantitative estimate of drug-likeness (QED) is 0.334. The van der Waals surface area contributed by atoms with Gasteiger partial charge < -0.3 is 11.1 Å². The van der Waals surface area contributed by atoms with E-state index in [9.17, 15) is 14.9 Å². The Balaban J connectivity index is 1.87. The molecule has 1 amide bonds. The molecule has 0 aliphatic rings. The smallest absolute Gasteiger partial charge is 0.269 e. The summed E-state index contributed by atoms with van der Waals surface area (Å²) in [5, 5.41) is 21.2. The number of nitrogens with zero attached hydrogens (tertiary/aromatic N) is 3. The first-order chi connectivity index (χ1) is 15.1. The average Bonchev–Trinajstić information content (AvgIpc) is 3.13. The third-order valence-corrected chi connectivity index (χ3v) is 5.13. The van der Waals surface area contributed by atoms with Crippen molar-refractivity contribution in [2.75, 3.05) is 5.32 Å². The molecule has 8 nitrogen and oxygen atoms in total. The van der Waals surface area contributed by atoms with Crippen molar-refractivity contribution in [3.05, 3.63) is 82.4 Å². The number of aromatic nitrogens is 2. The van der Waals surface area contributed by atoms with E-state index in [-0.39, 0.29) is 11.3 Å². The number of amides is 1. The lowest BCUT2D eigenvalue weighted by molar-refractivity contribution is -0.384. The highest BCUT2D eigenvalue weighted by molar-refractivity contribution is 6.04. The topological polar surface area (TPSA) is 116 Å². The van der Waals surface area contributed by atoms with Gasteiger partial charge in [-0.3, -0.25) is 14.9 Å². The molecule has 0 saturated carbocycles. The number of nitrogens with two attached hydrogens (primary N) is 1. The molecule has 0 bridgehead atoms. The van der Waals surface area contributed by atoms with Crippen molar-refractivity contribution in [2.24, 2.45) is 5.73 Å². The summed E-state index contributed by atoms with van der Waals surface area (Å²) < 4.78 is 1.72. The lowest BCUT2D eigenvalue weighted by Gasteiger charge is -2.23. The van der Waals surface area contributed by atoms with Crippen LogP contribution in [0.2, 0.25) is 0 Å². The van der Waals surface area contributed by atoms with E-state index in [0.717, 1.165) is 16.5 Å². The predicted octanol–water partition coefficient (Wildman–Crippen LogP) is 5.21. The largest absolute Gasteiger partial charge is 0.365 e. The van der Waals surface area contributed by atoms with Crippen molar-refractivity contribution >= 4 is 33.9 Å². The lowest BCUT2D eigenvalue weighted by atomic mass is 10.1. The molecule has 0 saturated heterocycles. The number of nitro benzene ring substituents is 1. The van der Waals surface area contributed by atoms with Crippen LogP contribution in [-0.4, -0.2) is 20.6 Å². The van der Waals surface area contributed by atoms with Gasteiger partial charge in [-0.15, -0.1) is 0 Å². The number of hydrogen-bond donors (Lipinski definition) is 2. The van der Waals surface area contributed by atoms with Gasteiger partial charge in [-0.1, -0.05) is 30.3 Å². The fourth-order valence-electron chi connectivity index (χ4n) is 3.60. The van der Waals surface area contributed by atoms with Crippen LogP contribution in [0.1, 0.15) is 31.1 Å². The fourth-order valence-corrected chi connectivity index (χ4v) is 3.60. The maximum Gasteiger partial charge on any atom is 0.269 e. The van der Waals surface area contributed by atoms with Gasteiger partial charge in [0, 0.05) is 23.4 Å². The Morgan fingerprint density at radius 2 is 1.69 bits per heavy atom. The van der Waals surface area contributed by atoms with Crippen molar-refractivity contribution in [3.8, 4) is 11.3 Å². The van der Waals surface area contributed by atoms with E-state index in [0.29, 0.717) is 17.1 Å². The standard InChI is InChI=1S/C24H23N5O3/c1-24(2,3)28-23(26-18-11-8-15-6-4-5-7-17(15)14-18)20(22(25)30)21(27-28)16-9-12-19(13-10-16)29(31)32/h4-14,26H,1-3H3,(H2,25,30). The zero-order valence-electron chi connectivity index (χ0n) is 18.0. The van der Waals surface area contributed by atoms with Crippen LogP contribution in [-0.2, 0) is 5.54 Å². The molecule has 0 aliphatic carbocycles. The monoisotopic (exact) mass is 429 g/mol. The number of nitro groups is 1. The molecule has 0 radical (unpaired) electrons. The lowest BCUT2D eigenvalue weighted by Crippen LogP contribution is -2.25. The first kappa shape index (κ1) is 21.0. The minimum Gasteiger partial charge on any atom is -0.365 e. The maximum atomic E-state index is 12.6. The van der Waals surface area contributed by atoms with Crippen molar-refractivity contribution in [1.29, 1.82) is 0 Å². The number of fused-ring (bicyclic) bond motifs is 1. The number of benzene rings is 3. The summed E-state index contributed by atoms with van der Waals surface area (Å²) in [5.74, 6) is -0.175. The minimum absolute atomic E-state index is 0.0425. The highest BCUT2D eigenvalue weighted by Crippen LogP contribution is 2.35. The van der Waals surface area contributed by atoms with E-state index in [2.05, 4.69) is 10.4 Å². The molecule has 1 heterocycles. The molecule has 0 spiro atoms. The number of carbonyl (C=O) groups excluding carboxylic acids is 1. The van der Waals surface area contributed by atoms with Crippen LogP contribution in [0, 0.1) is 10.1 Å². The number of non-ortho nitro benzene ring substituents is 1. The normalized spacial score (nSPS) is 11.5. The number of primary amides is 1. The van der Waals surface area contributed by atoms with Gasteiger partial charge in [-0.25, -0.2) is 4.68 Å². The zero-order chi connectivity index (χ0) is 23.0. The van der Waals surface area contributed by atoms with E-state index in [1.54, 1.807) is 16.8 Å². The van der Waals surface area contributed by atoms with Crippen molar-refractivity contribution in [3.63, 3.8) is 0 Å². The summed E-state index contributed by atoms with van der Waals surface area (Å²) in [7, 11) is 0. The van der Waals surface area contributed by atoms with Gasteiger partial charge in [-0.2, -0.15) is 5.10 Å². The molecule has 32 heavy (non-hydrogen) atoms. The van der Waals surface area contributed by atoms with Gasteiger partial charge in [0.2, 0.25) is 0 Å². The van der Waals surface area contributed by atoms with Gasteiger partial charge in [0.25, 0.3) is 11.6 Å². The SMILES string of the molecule is CC(C)(C)n1nc(-c2ccc([N+](=O)[O-])cc2)c(C(N)=O)c1Nc1ccc2ccccc2c1. The fraction of sp³-hybridized carbons (Fsp3) is 0.167. The third kappa shape index (κ3) is 3.90. The van der Waals surface area contributed by atoms with Gasteiger partial charge >= 0.3 is 0 Å². The zero-order valence-corrected chi connectivity index (χ0v) is 18.0. The van der Waals surface area contributed by atoms with Crippen molar-refractivity contribution < 1.29 is 9.72 Å². The molecule has 0 unspecified atom stereocenters. The highest BCUT2D eigenvalue weighted by atomic mass is 16.6. The minimum atomic E-state index is -0.642. The molecule has 0 atom stereocenters. The Hall–Kier alpha value is -4.20. The summed E-state index contributed by atoms with van der Waals surface area (Å²) >= 11 is 0. The van der Waals surface area contributed by atoms with Crippen LogP contribution < -0.4 is 11.1 Å². The number of nitrogens with one attached hydrogen (secondary N) is 1. The van der Waals surface area contributed by atoms with Crippen LogP contribution in [0.5, 0.6) is 0 Å². The van der Waals surface area contributed by atoms with Crippen LogP contribution in [0.3, 0.4) is 0 Å². The first-order valence-electron chi connectivity index (χ1n) is 10.1. The molecule has 4 rings (SSSR count). The van der Waals surface area contributed by atoms with Crippen LogP contribution in [0.25, 0.3) is 22.0 Å². The summed E-state index contributed by atoms with van der Waals surface area (Å²) in [5.41, 5.74) is 7.22. The van der Waals surface area contributed by atoms with E-state index in [4.69, 9.17) is 5.73 Å². The number of carbonyl (C=O) groups is 1. The maximum absolute atomic E-state index is 12.6. The van der Waals surface area contributed by atoms with Gasteiger partial charge in [0.1, 0.15) is 17.1 Å². The van der Waals surface area contributed by atoms with Crippen LogP contribution in [0.4, 0.5) is 17.2 Å². The summed E-state index contributed by atoms with van der Waals surface area (Å²) in [6.07, 6.45) is 0. The summed E-state index contributed by atoms with van der Waals surface area (Å²) in [6, 6.07) is 19.8. The second-order valence-corrected chi connectivity index (χ2v) is 8.51. The van der Waals surface area contributed by atoms with Crippen LogP contribution in [0.15, 0.2) is 66.7 Å². The van der Waals surface area contributed by atoms with Crippen molar-refractivity contribution in [2.45, 2.75) is 26.3 Å². The second kappa shape index (κ2) is 7.81. The Morgan fingerprint density at radius 1 is 1.03 bits per heavy atom. The van der Waals surface area contributed by atoms with Gasteiger partial charge in [0.05, 0.1) is 10.5 Å². The Kier molecular flexibility index (Phi) is 5.14. The number of rotatable bonds is 5. The summed E-state index contributed by atoms with van der Waals surface area (Å²) in [6.45, 7) is 5.90. The molecule has 3 aromatic carbocycles. The second-order valence-electron chi connectivity index (χ2n) is 8.51. The first-order valence-corrected chi connectivity index (χ1v) is 10.1. The molecule has 8 heteroatoms. The van der Waals surface area contributed by atoms with E-state index in [1.165, 1.54) is 12.1 Å². The molecular formula is C24H23N5O3. The number of hydrogen-bond acceptors (Lipinski definition) is 5. The Morgan fingerprint density at radius 3 is 2.28 bits per heavy atom. The van der Waals surface area contributed by atoms with Gasteiger partial charge in [-0.05, 0) is 55.8 Å². The van der Waals surface area contributed by atoms with E-state index in [1.807, 2.05) is 63.2 Å². The average molecular weight is 429 g/mol. The molecule has 3 N–H and O–H groups in total. The molecular weight excluding hydrogens is 406 g/mol.